The van der Waals surface area contributed by atoms with E-state index in [2.05, 4.69) is 41.3 Å². The number of aryl methyl sites for hydroxylation is 1. The van der Waals surface area contributed by atoms with Gasteiger partial charge in [-0.1, -0.05) is 22.9 Å². The Hall–Kier alpha value is -2.48. The van der Waals surface area contributed by atoms with Crippen LogP contribution in [0.15, 0.2) is 10.8 Å². The van der Waals surface area contributed by atoms with Crippen molar-refractivity contribution >= 4 is 55.9 Å². The molecular weight excluding hydrogens is 574 g/mol. The first-order valence-corrected chi connectivity index (χ1v) is 13.5. The molecule has 1 aliphatic heterocycles. The fraction of sp³-hybridized carbons (Fsp3) is 0.500. The van der Waals surface area contributed by atoms with Crippen LogP contribution in [-0.4, -0.2) is 74.1 Å². The van der Waals surface area contributed by atoms with Gasteiger partial charge < -0.3 is 25.0 Å². The molecule has 1 saturated heterocycles. The van der Waals surface area contributed by atoms with Gasteiger partial charge in [0.1, 0.15) is 22.6 Å². The Bertz CT molecular complexity index is 1300. The van der Waals surface area contributed by atoms with E-state index in [9.17, 15) is 14.7 Å². The van der Waals surface area contributed by atoms with Gasteiger partial charge in [-0.05, 0) is 48.0 Å². The van der Waals surface area contributed by atoms with Crippen molar-refractivity contribution in [2.24, 2.45) is 5.92 Å². The summed E-state index contributed by atoms with van der Waals surface area (Å²) in [6, 6.07) is -0.253. The lowest BCUT2D eigenvalue weighted by Crippen LogP contribution is -2.55. The zero-order valence-electron chi connectivity index (χ0n) is 19.6. The molecule has 4 heterocycles. The van der Waals surface area contributed by atoms with Crippen LogP contribution in [0.5, 0.6) is 0 Å². The first-order valence-electron chi connectivity index (χ1n) is 11.5. The van der Waals surface area contributed by atoms with Crippen LogP contribution >= 0.6 is 38.9 Å². The number of ether oxygens (including phenoxy) is 1. The Labute approximate surface area is 224 Å². The number of carboxylic acid groups (broad SMARTS) is 1. The fourth-order valence-electron chi connectivity index (χ4n) is 4.33. The number of rotatable bonds is 8. The first-order chi connectivity index (χ1) is 17.3. The Kier molecular flexibility index (Phi) is 7.07. The van der Waals surface area contributed by atoms with E-state index in [1.54, 1.807) is 11.8 Å². The number of hydrogen-bond acceptors (Lipinski definition) is 8. The molecule has 0 spiro atoms. The molecular formula is C22H25BrClN7O4S. The molecule has 0 radical (unpaired) electrons. The Balaban J connectivity index is 1.33. The van der Waals surface area contributed by atoms with E-state index < -0.39 is 5.97 Å². The number of aromatic carboxylic acids is 1. The molecule has 2 atom stereocenters. The molecule has 3 aromatic heterocycles. The molecule has 1 saturated carbocycles. The molecule has 0 aromatic carbocycles. The van der Waals surface area contributed by atoms with Gasteiger partial charge >= 0.3 is 5.97 Å². The number of halogens is 2. The number of thiazole rings is 1. The van der Waals surface area contributed by atoms with Crippen LogP contribution in [0.4, 0.5) is 5.13 Å². The number of aromatic amines is 1. The van der Waals surface area contributed by atoms with E-state index in [4.69, 9.17) is 16.3 Å². The Morgan fingerprint density at radius 1 is 1.39 bits per heavy atom. The number of hydrogen-bond donors (Lipinski definition) is 3. The van der Waals surface area contributed by atoms with Crippen molar-refractivity contribution in [1.29, 1.82) is 0 Å². The highest BCUT2D eigenvalue weighted by atomic mass is 79.9. The van der Waals surface area contributed by atoms with Crippen LogP contribution in [0.1, 0.15) is 45.1 Å². The minimum Gasteiger partial charge on any atom is -0.477 e. The third kappa shape index (κ3) is 4.89. The number of carboxylic acids is 1. The SMILES string of the molecule is CO[C@H]1CN(c2nc(-c3ncnn3CC3CC3)c(C(=O)O)s2)CC[C@H]1NC(=O)c1[nH]c(C)c(Br)c1Cl. The van der Waals surface area contributed by atoms with Gasteiger partial charge in [0.25, 0.3) is 5.91 Å². The minimum atomic E-state index is -1.05. The number of H-pyrrole nitrogens is 1. The second-order valence-corrected chi connectivity index (χ2v) is 11.2. The monoisotopic (exact) mass is 597 g/mol. The number of anilines is 1. The third-order valence-electron chi connectivity index (χ3n) is 6.50. The maximum atomic E-state index is 12.9. The van der Waals surface area contributed by atoms with Gasteiger partial charge in [0.2, 0.25) is 0 Å². The fourth-order valence-corrected chi connectivity index (χ4v) is 5.84. The summed E-state index contributed by atoms with van der Waals surface area (Å²) in [6.45, 7) is 3.53. The molecule has 2 aliphatic rings. The van der Waals surface area contributed by atoms with Crippen LogP contribution in [0.2, 0.25) is 5.02 Å². The molecule has 2 fully saturated rings. The van der Waals surface area contributed by atoms with E-state index in [0.29, 0.717) is 63.8 Å². The van der Waals surface area contributed by atoms with Crippen LogP contribution in [0.25, 0.3) is 11.5 Å². The highest BCUT2D eigenvalue weighted by Crippen LogP contribution is 2.36. The number of amides is 1. The van der Waals surface area contributed by atoms with E-state index >= 15 is 0 Å². The van der Waals surface area contributed by atoms with E-state index in [1.165, 1.54) is 6.33 Å². The van der Waals surface area contributed by atoms with Gasteiger partial charge in [0.15, 0.2) is 11.0 Å². The molecule has 1 aliphatic carbocycles. The van der Waals surface area contributed by atoms with Crippen molar-refractivity contribution in [3.63, 3.8) is 0 Å². The standard InChI is InChI=1S/C22H25BrClN7O4S/c1-10-14(23)15(24)16(27-10)20(32)28-12-5-6-30(8-13(12)35-2)22-29-17(18(36-22)21(33)34)19-25-9-26-31(19)7-11-3-4-11/h9,11-13,27H,3-8H2,1-2H3,(H,28,32)(H,33,34)/t12-,13+/m1/s1. The largest absolute Gasteiger partial charge is 0.477 e. The normalized spacial score (nSPS) is 20.1. The van der Waals surface area contributed by atoms with Crippen LogP contribution in [-0.2, 0) is 11.3 Å². The van der Waals surface area contributed by atoms with Crippen molar-refractivity contribution in [2.75, 3.05) is 25.1 Å². The highest BCUT2D eigenvalue weighted by molar-refractivity contribution is 9.10. The number of piperidine rings is 1. The lowest BCUT2D eigenvalue weighted by atomic mass is 10.0. The summed E-state index contributed by atoms with van der Waals surface area (Å²) in [6.07, 6.45) is 3.97. The number of nitrogens with one attached hydrogen (secondary N) is 2. The second kappa shape index (κ2) is 10.1. The quantitative estimate of drug-likeness (QED) is 0.358. The van der Waals surface area contributed by atoms with Crippen molar-refractivity contribution < 1.29 is 19.4 Å². The molecule has 11 nitrogen and oxygen atoms in total. The van der Waals surface area contributed by atoms with Gasteiger partial charge in [-0.15, -0.1) is 0 Å². The van der Waals surface area contributed by atoms with Crippen LogP contribution < -0.4 is 10.2 Å². The van der Waals surface area contributed by atoms with Crippen LogP contribution in [0.3, 0.4) is 0 Å². The van der Waals surface area contributed by atoms with Gasteiger partial charge in [0, 0.05) is 32.4 Å². The summed E-state index contributed by atoms with van der Waals surface area (Å²) in [7, 11) is 1.59. The highest BCUT2D eigenvalue weighted by Gasteiger charge is 2.34. The second-order valence-electron chi connectivity index (χ2n) is 9.03. The number of carbonyl (C=O) groups is 2. The smallest absolute Gasteiger partial charge is 0.348 e. The third-order valence-corrected chi connectivity index (χ3v) is 9.20. The average molecular weight is 599 g/mol. The number of nitrogens with zero attached hydrogens (tertiary/aromatic N) is 5. The molecule has 14 heteroatoms. The molecule has 1 amide bonds. The minimum absolute atomic E-state index is 0.127. The molecule has 3 aromatic rings. The first kappa shape index (κ1) is 25.2. The van der Waals surface area contributed by atoms with E-state index in [1.807, 2.05) is 11.8 Å². The maximum Gasteiger partial charge on any atom is 0.348 e. The Morgan fingerprint density at radius 2 is 2.17 bits per heavy atom. The summed E-state index contributed by atoms with van der Waals surface area (Å²) in [4.78, 5) is 39.0. The zero-order valence-corrected chi connectivity index (χ0v) is 22.8. The molecule has 36 heavy (non-hydrogen) atoms. The Morgan fingerprint density at radius 3 is 2.81 bits per heavy atom. The van der Waals surface area contributed by atoms with E-state index in [-0.39, 0.29) is 22.9 Å². The van der Waals surface area contributed by atoms with Crippen molar-refractivity contribution in [2.45, 2.75) is 44.9 Å². The molecule has 192 valence electrons. The lowest BCUT2D eigenvalue weighted by Gasteiger charge is -2.37. The van der Waals surface area contributed by atoms with Crippen molar-refractivity contribution in [1.82, 2.24) is 30.0 Å². The van der Waals surface area contributed by atoms with Crippen LogP contribution in [0, 0.1) is 12.8 Å². The number of carbonyl (C=O) groups excluding carboxylic acids is 1. The van der Waals surface area contributed by atoms with Crippen molar-refractivity contribution in [3.05, 3.63) is 32.1 Å². The predicted octanol–water partition coefficient (Wildman–Crippen LogP) is 3.59. The zero-order chi connectivity index (χ0) is 25.6. The van der Waals surface area contributed by atoms with Gasteiger partial charge in [0.05, 0.1) is 21.6 Å². The summed E-state index contributed by atoms with van der Waals surface area (Å²) >= 11 is 10.8. The molecule has 0 bridgehead atoms. The maximum absolute atomic E-state index is 12.9. The lowest BCUT2D eigenvalue weighted by molar-refractivity contribution is 0.0540. The van der Waals surface area contributed by atoms with E-state index in [0.717, 1.165) is 29.9 Å². The summed E-state index contributed by atoms with van der Waals surface area (Å²) < 4.78 is 8.11. The molecule has 0 unspecified atom stereocenters. The van der Waals surface area contributed by atoms with Crippen molar-refractivity contribution in [3.8, 4) is 11.5 Å². The van der Waals surface area contributed by atoms with Gasteiger partial charge in [-0.3, -0.25) is 4.79 Å². The molecule has 3 N–H and O–H groups in total. The average Bonchev–Trinajstić information content (AvgIpc) is 3.26. The van der Waals surface area contributed by atoms with Gasteiger partial charge in [-0.2, -0.15) is 5.10 Å². The van der Waals surface area contributed by atoms with Gasteiger partial charge in [-0.25, -0.2) is 19.4 Å². The topological polar surface area (TPSA) is 138 Å². The summed E-state index contributed by atoms with van der Waals surface area (Å²) in [5.41, 5.74) is 1.39. The number of methoxy groups -OCH3 is 1. The number of aromatic nitrogens is 5. The summed E-state index contributed by atoms with van der Waals surface area (Å²) in [5, 5.41) is 18.1. The molecule has 5 rings (SSSR count). The summed E-state index contributed by atoms with van der Waals surface area (Å²) in [5.74, 6) is -0.339. The predicted molar refractivity (Wildman–Crippen MR) is 138 cm³/mol.